The number of carbonyl (C=O) groups excluding carboxylic acids is 1. The van der Waals surface area contributed by atoms with Gasteiger partial charge >= 0.3 is 0 Å². The molecule has 1 amide bonds. The number of anilines is 1. The van der Waals surface area contributed by atoms with Gasteiger partial charge in [-0.3, -0.25) is 4.79 Å². The van der Waals surface area contributed by atoms with Crippen molar-refractivity contribution in [2.75, 3.05) is 51.8 Å². The molecule has 4 N–H and O–H groups in total. The topological polar surface area (TPSA) is 173 Å². The van der Waals surface area contributed by atoms with Crippen LogP contribution < -0.4 is 24.8 Å². The lowest BCUT2D eigenvalue weighted by Gasteiger charge is -2.38. The van der Waals surface area contributed by atoms with E-state index < -0.39 is 31.8 Å². The number of fused-ring (bicyclic) bond motifs is 1. The highest BCUT2D eigenvalue weighted by atomic mass is 32.2. The van der Waals surface area contributed by atoms with E-state index in [0.29, 0.717) is 56.1 Å². The van der Waals surface area contributed by atoms with Crippen LogP contribution in [0.3, 0.4) is 0 Å². The second kappa shape index (κ2) is 11.8. The smallest absolute Gasteiger partial charge is 0.262 e. The van der Waals surface area contributed by atoms with E-state index in [0.717, 1.165) is 0 Å². The normalized spacial score (nSPS) is 21.6. The fourth-order valence-electron chi connectivity index (χ4n) is 5.23. The number of amides is 1. The van der Waals surface area contributed by atoms with Gasteiger partial charge in [-0.1, -0.05) is 6.07 Å². The maximum Gasteiger partial charge on any atom is 0.262 e. The van der Waals surface area contributed by atoms with E-state index in [1.807, 2.05) is 0 Å². The van der Waals surface area contributed by atoms with E-state index in [1.54, 1.807) is 18.2 Å². The van der Waals surface area contributed by atoms with Crippen molar-refractivity contribution in [3.63, 3.8) is 0 Å². The standard InChI is InChI=1S/C26H34N4O9S2/c1-27-40(33,34)21-4-2-3-20(11-21)37-16-19(31)14-28-18-13-26(39-15-18)7-9-30(10-8-26)41(35,36)22-5-6-24-23(12-22)29-25(32)17-38-24/h2-6,11-12,18-19,27-28,31H,7-10,13-17H2,1H3,(H,29,32)/t18-,19?/m1/s1. The molecule has 2 atom stereocenters. The quantitative estimate of drug-likeness (QED) is 0.293. The molecule has 2 saturated heterocycles. The summed E-state index contributed by atoms with van der Waals surface area (Å²) < 4.78 is 71.3. The van der Waals surface area contributed by atoms with Gasteiger partial charge in [-0.2, -0.15) is 4.31 Å². The molecule has 0 radical (unpaired) electrons. The molecule has 3 heterocycles. The van der Waals surface area contributed by atoms with Crippen LogP contribution in [0.25, 0.3) is 0 Å². The number of carbonyl (C=O) groups is 1. The van der Waals surface area contributed by atoms with Gasteiger partial charge in [0.1, 0.15) is 24.2 Å². The number of hydrogen-bond acceptors (Lipinski definition) is 10. The van der Waals surface area contributed by atoms with E-state index in [-0.39, 0.29) is 41.5 Å². The van der Waals surface area contributed by atoms with Crippen LogP contribution >= 0.6 is 0 Å². The summed E-state index contributed by atoms with van der Waals surface area (Å²) in [6, 6.07) is 10.5. The molecule has 0 aromatic heterocycles. The fraction of sp³-hybridized carbons (Fsp3) is 0.500. The number of rotatable bonds is 10. The monoisotopic (exact) mass is 610 g/mol. The van der Waals surface area contributed by atoms with Gasteiger partial charge in [0, 0.05) is 31.7 Å². The molecule has 224 valence electrons. The Bertz CT molecular complexity index is 1490. The number of hydrogen-bond donors (Lipinski definition) is 4. The summed E-state index contributed by atoms with van der Waals surface area (Å²) in [6.45, 7) is 1.16. The molecule has 41 heavy (non-hydrogen) atoms. The van der Waals surface area contributed by atoms with Crippen LogP contribution in [0.4, 0.5) is 5.69 Å². The second-order valence-corrected chi connectivity index (χ2v) is 14.2. The third kappa shape index (κ3) is 6.66. The lowest BCUT2D eigenvalue weighted by Crippen LogP contribution is -2.47. The fourth-order valence-corrected chi connectivity index (χ4v) is 7.47. The first kappa shape index (κ1) is 29.7. The molecule has 5 rings (SSSR count). The van der Waals surface area contributed by atoms with Gasteiger partial charge in [0.25, 0.3) is 5.91 Å². The first-order valence-corrected chi connectivity index (χ1v) is 16.2. The van der Waals surface area contributed by atoms with Crippen LogP contribution in [-0.4, -0.2) is 96.4 Å². The summed E-state index contributed by atoms with van der Waals surface area (Å²) in [7, 11) is -6.03. The largest absolute Gasteiger partial charge is 0.491 e. The summed E-state index contributed by atoms with van der Waals surface area (Å²) >= 11 is 0. The van der Waals surface area contributed by atoms with E-state index >= 15 is 0 Å². The van der Waals surface area contributed by atoms with Gasteiger partial charge in [-0.05, 0) is 56.6 Å². The van der Waals surface area contributed by atoms with E-state index in [1.165, 1.54) is 35.6 Å². The zero-order valence-corrected chi connectivity index (χ0v) is 24.2. The molecular weight excluding hydrogens is 576 g/mol. The highest BCUT2D eigenvalue weighted by molar-refractivity contribution is 7.89. The number of benzene rings is 2. The van der Waals surface area contributed by atoms with Crippen molar-refractivity contribution in [2.24, 2.45) is 0 Å². The molecule has 15 heteroatoms. The molecule has 2 fully saturated rings. The Labute approximate surface area is 239 Å². The van der Waals surface area contributed by atoms with Crippen molar-refractivity contribution >= 4 is 31.6 Å². The molecular formula is C26H34N4O9S2. The zero-order valence-electron chi connectivity index (χ0n) is 22.5. The molecule has 13 nitrogen and oxygen atoms in total. The van der Waals surface area contributed by atoms with Crippen molar-refractivity contribution < 1.29 is 40.9 Å². The number of ether oxygens (including phenoxy) is 3. The third-order valence-corrected chi connectivity index (χ3v) is 10.8. The SMILES string of the molecule is CNS(=O)(=O)c1cccc(OCC(O)CN[C@H]2COC3(CCN(S(=O)(=O)c4ccc5c(c4)NC(=O)CO5)CC3)C2)c1. The molecule has 0 saturated carbocycles. The van der Waals surface area contributed by atoms with Crippen molar-refractivity contribution in [1.29, 1.82) is 0 Å². The predicted octanol–water partition coefficient (Wildman–Crippen LogP) is 0.267. The summed E-state index contributed by atoms with van der Waals surface area (Å²) in [4.78, 5) is 11.8. The van der Waals surface area contributed by atoms with Gasteiger partial charge in [0.15, 0.2) is 6.61 Å². The summed E-state index contributed by atoms with van der Waals surface area (Å²) in [5, 5.41) is 16.3. The van der Waals surface area contributed by atoms with Crippen molar-refractivity contribution in [3.8, 4) is 11.5 Å². The Morgan fingerprint density at radius 2 is 1.93 bits per heavy atom. The Morgan fingerprint density at radius 1 is 1.15 bits per heavy atom. The molecule has 2 aromatic carbocycles. The lowest BCUT2D eigenvalue weighted by molar-refractivity contribution is -0.118. The number of sulfonamides is 2. The number of aliphatic hydroxyl groups is 1. The van der Waals surface area contributed by atoms with E-state index in [4.69, 9.17) is 14.2 Å². The molecule has 3 aliphatic heterocycles. The molecule has 0 bridgehead atoms. The van der Waals surface area contributed by atoms with Gasteiger partial charge in [-0.25, -0.2) is 21.6 Å². The van der Waals surface area contributed by atoms with Gasteiger partial charge < -0.3 is 30.0 Å². The number of aliphatic hydroxyl groups excluding tert-OH is 1. The van der Waals surface area contributed by atoms with E-state index in [2.05, 4.69) is 15.4 Å². The summed E-state index contributed by atoms with van der Waals surface area (Å²) in [5.74, 6) is 0.435. The second-order valence-electron chi connectivity index (χ2n) is 10.3. The Morgan fingerprint density at radius 3 is 2.68 bits per heavy atom. The van der Waals surface area contributed by atoms with Crippen LogP contribution in [0.2, 0.25) is 0 Å². The molecule has 1 unspecified atom stereocenters. The highest BCUT2D eigenvalue weighted by Gasteiger charge is 2.44. The first-order valence-electron chi connectivity index (χ1n) is 13.3. The maximum absolute atomic E-state index is 13.3. The Hall–Kier alpha value is -2.79. The minimum Gasteiger partial charge on any atom is -0.491 e. The summed E-state index contributed by atoms with van der Waals surface area (Å²) in [5.41, 5.74) is -0.103. The van der Waals surface area contributed by atoms with Crippen LogP contribution in [0, 0.1) is 0 Å². The maximum atomic E-state index is 13.3. The zero-order chi connectivity index (χ0) is 29.3. The average molecular weight is 611 g/mol. The van der Waals surface area contributed by atoms with Gasteiger partial charge in [0.05, 0.1) is 27.7 Å². The highest BCUT2D eigenvalue weighted by Crippen LogP contribution is 2.38. The van der Waals surface area contributed by atoms with Crippen LogP contribution in [-0.2, 0) is 29.6 Å². The number of nitrogens with one attached hydrogen (secondary N) is 3. The van der Waals surface area contributed by atoms with Crippen LogP contribution in [0.15, 0.2) is 52.3 Å². The minimum atomic E-state index is -3.76. The van der Waals surface area contributed by atoms with Crippen molar-refractivity contribution in [1.82, 2.24) is 14.3 Å². The van der Waals surface area contributed by atoms with Gasteiger partial charge in [-0.15, -0.1) is 0 Å². The van der Waals surface area contributed by atoms with Crippen molar-refractivity contribution in [3.05, 3.63) is 42.5 Å². The first-order chi connectivity index (χ1) is 19.5. The molecule has 1 spiro atoms. The van der Waals surface area contributed by atoms with Crippen LogP contribution in [0.5, 0.6) is 11.5 Å². The van der Waals surface area contributed by atoms with E-state index in [9.17, 15) is 26.7 Å². The molecule has 0 aliphatic carbocycles. The lowest BCUT2D eigenvalue weighted by atomic mass is 9.88. The average Bonchev–Trinajstić information content (AvgIpc) is 3.36. The third-order valence-electron chi connectivity index (χ3n) is 7.53. The number of nitrogens with zero attached hydrogens (tertiary/aromatic N) is 1. The minimum absolute atomic E-state index is 0.0128. The molecule has 2 aromatic rings. The predicted molar refractivity (Wildman–Crippen MR) is 148 cm³/mol. The molecule has 3 aliphatic rings. The summed E-state index contributed by atoms with van der Waals surface area (Å²) in [6.07, 6.45) is 0.912. The number of piperidine rings is 1. The van der Waals surface area contributed by atoms with Crippen LogP contribution in [0.1, 0.15) is 19.3 Å². The Balaban J connectivity index is 1.09. The van der Waals surface area contributed by atoms with Crippen molar-refractivity contribution in [2.45, 2.75) is 46.8 Å². The van der Waals surface area contributed by atoms with Gasteiger partial charge in [0.2, 0.25) is 20.0 Å². The Kier molecular flexibility index (Phi) is 8.57.